The number of nitrogens with one attached hydrogen (secondary N) is 1. The number of halogens is 2. The van der Waals surface area contributed by atoms with Gasteiger partial charge < -0.3 is 5.32 Å². The molecule has 3 rings (SSSR count). The van der Waals surface area contributed by atoms with E-state index in [0.29, 0.717) is 5.56 Å². The molecule has 2 nitrogen and oxygen atoms in total. The van der Waals surface area contributed by atoms with Crippen molar-refractivity contribution in [3.8, 4) is 11.3 Å². The molecule has 5 heteroatoms. The molecule has 0 atom stereocenters. The minimum Gasteiger partial charge on any atom is -0.331 e. The number of hydrogen-bond donors (Lipinski definition) is 1. The molecule has 22 heavy (non-hydrogen) atoms. The quantitative estimate of drug-likeness (QED) is 0.639. The first-order chi connectivity index (χ1) is 10.5. The molecule has 0 spiro atoms. The topological polar surface area (TPSA) is 24.9 Å². The highest BCUT2D eigenvalue weighted by Crippen LogP contribution is 2.29. The number of nitrogens with zero attached hydrogens (tertiary/aromatic N) is 1. The van der Waals surface area contributed by atoms with Gasteiger partial charge in [0.1, 0.15) is 5.82 Å². The van der Waals surface area contributed by atoms with E-state index in [0.717, 1.165) is 32.7 Å². The number of aromatic nitrogens is 1. The standard InChI is InChI=1S/C17H14ClFN2S/c1-10-3-5-13(8-14(10)18)20-17-21-16(9-22-17)12-4-6-15(19)11(2)7-12/h3-9H,1-2H3,(H,20,21). The molecule has 3 aromatic rings. The SMILES string of the molecule is Cc1cc(-c2csc(Nc3ccc(C)c(Cl)c3)n2)ccc1F. The maximum absolute atomic E-state index is 13.3. The molecule has 0 aliphatic rings. The summed E-state index contributed by atoms with van der Waals surface area (Å²) in [6, 6.07) is 10.8. The maximum atomic E-state index is 13.3. The minimum atomic E-state index is -0.202. The van der Waals surface area contributed by atoms with Crippen LogP contribution in [0.5, 0.6) is 0 Å². The first-order valence-electron chi connectivity index (χ1n) is 6.78. The average molecular weight is 333 g/mol. The zero-order chi connectivity index (χ0) is 15.7. The molecule has 1 heterocycles. The van der Waals surface area contributed by atoms with E-state index in [1.165, 1.54) is 17.4 Å². The summed E-state index contributed by atoms with van der Waals surface area (Å²) in [5.74, 6) is -0.202. The van der Waals surface area contributed by atoms with Gasteiger partial charge in [-0.1, -0.05) is 17.7 Å². The number of benzene rings is 2. The summed E-state index contributed by atoms with van der Waals surface area (Å²) in [5.41, 5.74) is 4.28. The van der Waals surface area contributed by atoms with Crippen molar-refractivity contribution in [1.82, 2.24) is 4.98 Å². The zero-order valence-corrected chi connectivity index (χ0v) is 13.7. The molecule has 0 radical (unpaired) electrons. The van der Waals surface area contributed by atoms with Crippen LogP contribution in [0.15, 0.2) is 41.8 Å². The Morgan fingerprint density at radius 2 is 1.91 bits per heavy atom. The molecular weight excluding hydrogens is 319 g/mol. The number of rotatable bonds is 3. The molecule has 1 N–H and O–H groups in total. The molecule has 0 bridgehead atoms. The minimum absolute atomic E-state index is 0.202. The van der Waals surface area contributed by atoms with Gasteiger partial charge in [-0.3, -0.25) is 0 Å². The highest BCUT2D eigenvalue weighted by molar-refractivity contribution is 7.14. The van der Waals surface area contributed by atoms with Crippen LogP contribution in [-0.2, 0) is 0 Å². The third kappa shape index (κ3) is 3.13. The van der Waals surface area contributed by atoms with Gasteiger partial charge in [-0.15, -0.1) is 11.3 Å². The first-order valence-corrected chi connectivity index (χ1v) is 8.04. The molecule has 0 aliphatic heterocycles. The number of hydrogen-bond acceptors (Lipinski definition) is 3. The Morgan fingerprint density at radius 3 is 2.64 bits per heavy atom. The number of aryl methyl sites for hydroxylation is 2. The van der Waals surface area contributed by atoms with E-state index in [1.807, 2.05) is 30.5 Å². The lowest BCUT2D eigenvalue weighted by molar-refractivity contribution is 0.619. The van der Waals surface area contributed by atoms with Gasteiger partial charge in [0.25, 0.3) is 0 Å². The molecule has 0 saturated heterocycles. The summed E-state index contributed by atoms with van der Waals surface area (Å²) in [6.07, 6.45) is 0. The number of thiazole rings is 1. The monoisotopic (exact) mass is 332 g/mol. The molecule has 0 saturated carbocycles. The van der Waals surface area contributed by atoms with Crippen molar-refractivity contribution >= 4 is 33.8 Å². The Hall–Kier alpha value is -1.91. The lowest BCUT2D eigenvalue weighted by Crippen LogP contribution is -1.90. The van der Waals surface area contributed by atoms with Crippen molar-refractivity contribution in [1.29, 1.82) is 0 Å². The van der Waals surface area contributed by atoms with Crippen molar-refractivity contribution in [3.05, 3.63) is 63.7 Å². The molecule has 1 aromatic heterocycles. The van der Waals surface area contributed by atoms with Crippen LogP contribution >= 0.6 is 22.9 Å². The van der Waals surface area contributed by atoms with Gasteiger partial charge in [0, 0.05) is 21.7 Å². The Labute approximate surface area is 137 Å². The summed E-state index contributed by atoms with van der Waals surface area (Å²) in [4.78, 5) is 4.54. The number of anilines is 2. The van der Waals surface area contributed by atoms with Crippen molar-refractivity contribution in [2.45, 2.75) is 13.8 Å². The van der Waals surface area contributed by atoms with Crippen LogP contribution in [-0.4, -0.2) is 4.98 Å². The summed E-state index contributed by atoms with van der Waals surface area (Å²) in [7, 11) is 0. The fourth-order valence-electron chi connectivity index (χ4n) is 2.06. The van der Waals surface area contributed by atoms with Crippen LogP contribution in [0.4, 0.5) is 15.2 Å². The van der Waals surface area contributed by atoms with Crippen LogP contribution < -0.4 is 5.32 Å². The predicted molar refractivity (Wildman–Crippen MR) is 91.7 cm³/mol. The van der Waals surface area contributed by atoms with Crippen molar-refractivity contribution in [2.24, 2.45) is 0 Å². The van der Waals surface area contributed by atoms with Gasteiger partial charge in [0.2, 0.25) is 0 Å². The van der Waals surface area contributed by atoms with E-state index >= 15 is 0 Å². The second kappa shape index (κ2) is 6.07. The van der Waals surface area contributed by atoms with Crippen molar-refractivity contribution in [3.63, 3.8) is 0 Å². The molecule has 0 aliphatic carbocycles. The first kappa shape index (κ1) is 15.0. The smallest absolute Gasteiger partial charge is 0.187 e. The Balaban J connectivity index is 1.84. The van der Waals surface area contributed by atoms with Gasteiger partial charge in [-0.25, -0.2) is 9.37 Å². The van der Waals surface area contributed by atoms with Gasteiger partial charge >= 0.3 is 0 Å². The fourth-order valence-corrected chi connectivity index (χ4v) is 2.98. The van der Waals surface area contributed by atoms with Crippen LogP contribution in [0.2, 0.25) is 5.02 Å². The lowest BCUT2D eigenvalue weighted by atomic mass is 10.1. The summed E-state index contributed by atoms with van der Waals surface area (Å²) in [6.45, 7) is 3.71. The van der Waals surface area contributed by atoms with E-state index in [4.69, 9.17) is 11.6 Å². The predicted octanol–water partition coefficient (Wildman–Crippen LogP) is 5.96. The van der Waals surface area contributed by atoms with Gasteiger partial charge in [0.15, 0.2) is 5.13 Å². The van der Waals surface area contributed by atoms with Gasteiger partial charge in [0.05, 0.1) is 5.69 Å². The average Bonchev–Trinajstić information content (AvgIpc) is 2.94. The summed E-state index contributed by atoms with van der Waals surface area (Å²) >= 11 is 7.62. The molecule has 0 amide bonds. The third-order valence-corrected chi connectivity index (χ3v) is 4.55. The Kier molecular flexibility index (Phi) is 4.14. The van der Waals surface area contributed by atoms with E-state index in [9.17, 15) is 4.39 Å². The van der Waals surface area contributed by atoms with Crippen LogP contribution in [0.25, 0.3) is 11.3 Å². The lowest BCUT2D eigenvalue weighted by Gasteiger charge is -2.04. The third-order valence-electron chi connectivity index (χ3n) is 3.38. The van der Waals surface area contributed by atoms with Crippen LogP contribution in [0.3, 0.4) is 0 Å². The Bertz CT molecular complexity index is 829. The van der Waals surface area contributed by atoms with E-state index in [-0.39, 0.29) is 5.82 Å². The van der Waals surface area contributed by atoms with E-state index < -0.39 is 0 Å². The zero-order valence-electron chi connectivity index (χ0n) is 12.2. The molecule has 2 aromatic carbocycles. The van der Waals surface area contributed by atoms with Crippen molar-refractivity contribution in [2.75, 3.05) is 5.32 Å². The molecule has 0 unspecified atom stereocenters. The molecular formula is C17H14ClFN2S. The maximum Gasteiger partial charge on any atom is 0.187 e. The van der Waals surface area contributed by atoms with E-state index in [1.54, 1.807) is 19.1 Å². The molecule has 112 valence electrons. The highest BCUT2D eigenvalue weighted by Gasteiger charge is 2.07. The van der Waals surface area contributed by atoms with Crippen LogP contribution in [0, 0.1) is 19.7 Å². The Morgan fingerprint density at radius 1 is 1.09 bits per heavy atom. The van der Waals surface area contributed by atoms with E-state index in [2.05, 4.69) is 10.3 Å². The normalized spacial score (nSPS) is 10.7. The second-order valence-electron chi connectivity index (χ2n) is 5.09. The largest absolute Gasteiger partial charge is 0.331 e. The second-order valence-corrected chi connectivity index (χ2v) is 6.36. The van der Waals surface area contributed by atoms with Crippen LogP contribution in [0.1, 0.15) is 11.1 Å². The molecule has 0 fully saturated rings. The van der Waals surface area contributed by atoms with Crippen molar-refractivity contribution < 1.29 is 4.39 Å². The highest BCUT2D eigenvalue weighted by atomic mass is 35.5. The fraction of sp³-hybridized carbons (Fsp3) is 0.118. The van der Waals surface area contributed by atoms with Gasteiger partial charge in [-0.2, -0.15) is 0 Å². The van der Waals surface area contributed by atoms with Gasteiger partial charge in [-0.05, 0) is 55.3 Å². The summed E-state index contributed by atoms with van der Waals surface area (Å²) in [5, 5.41) is 6.68. The summed E-state index contributed by atoms with van der Waals surface area (Å²) < 4.78 is 13.3.